The molecule has 0 spiro atoms. The van der Waals surface area contributed by atoms with Crippen LogP contribution in [0.1, 0.15) is 43.7 Å². The lowest BCUT2D eigenvalue weighted by Crippen LogP contribution is -2.44. The van der Waals surface area contributed by atoms with Gasteiger partial charge in [-0.3, -0.25) is 0 Å². The van der Waals surface area contributed by atoms with E-state index in [1.165, 1.54) is 12.1 Å². The van der Waals surface area contributed by atoms with Crippen LogP contribution in [0.5, 0.6) is 0 Å². The van der Waals surface area contributed by atoms with Crippen LogP contribution >= 0.6 is 0 Å². The van der Waals surface area contributed by atoms with E-state index in [0.717, 1.165) is 12.1 Å². The van der Waals surface area contributed by atoms with Crippen LogP contribution in [-0.2, 0) is 15.7 Å². The number of fused-ring (bicyclic) bond motifs is 1. The summed E-state index contributed by atoms with van der Waals surface area (Å²) in [5.41, 5.74) is 2.56. The smallest absolute Gasteiger partial charge is 0.386 e. The second-order valence-corrected chi connectivity index (χ2v) is 7.17. The summed E-state index contributed by atoms with van der Waals surface area (Å²) in [6, 6.07) is 8.63. The first-order chi connectivity index (χ1) is 13.7. The molecule has 1 aromatic carbocycles. The van der Waals surface area contributed by atoms with Crippen molar-refractivity contribution in [2.24, 2.45) is 21.6 Å². The molecule has 3 atom stereocenters. The van der Waals surface area contributed by atoms with Crippen molar-refractivity contribution < 1.29 is 22.6 Å². The average Bonchev–Trinajstić information content (AvgIpc) is 3.28. The van der Waals surface area contributed by atoms with Crippen LogP contribution in [0, 0.1) is 33.5 Å². The predicted molar refractivity (Wildman–Crippen MR) is 97.1 cm³/mol. The van der Waals surface area contributed by atoms with Gasteiger partial charge < -0.3 is 15.2 Å². The van der Waals surface area contributed by atoms with E-state index in [2.05, 4.69) is 17.1 Å². The number of nitrogens with zero attached hydrogens (tertiary/aromatic N) is 3. The molecule has 1 aliphatic heterocycles. The largest absolute Gasteiger partial charge is 0.416 e. The number of nitrogens with two attached hydrogens (primary N) is 1. The predicted octanol–water partition coefficient (Wildman–Crippen LogP) is 3.70. The number of halogens is 3. The van der Waals surface area contributed by atoms with Crippen LogP contribution < -0.4 is 5.73 Å². The molecule has 2 aliphatic rings. The van der Waals surface area contributed by atoms with E-state index in [9.17, 15) is 23.7 Å². The summed E-state index contributed by atoms with van der Waals surface area (Å²) in [7, 11) is 0. The van der Waals surface area contributed by atoms with Gasteiger partial charge in [0.05, 0.1) is 30.9 Å². The molecule has 1 aliphatic carbocycles. The molecule has 29 heavy (non-hydrogen) atoms. The monoisotopic (exact) mass is 406 g/mol. The molecule has 1 heterocycles. The van der Waals surface area contributed by atoms with Crippen molar-refractivity contribution >= 4 is 5.84 Å². The van der Waals surface area contributed by atoms with Gasteiger partial charge in [0.25, 0.3) is 5.91 Å². The molecule has 3 unspecified atom stereocenters. The maximum Gasteiger partial charge on any atom is 0.416 e. The van der Waals surface area contributed by atoms with Crippen LogP contribution in [0.15, 0.2) is 29.3 Å². The molecule has 9 heteroatoms. The molecule has 0 saturated heterocycles. The van der Waals surface area contributed by atoms with Gasteiger partial charge >= 0.3 is 6.18 Å². The topological polar surface area (TPSA) is 104 Å². The molecule has 0 bridgehead atoms. The Hall–Kier alpha value is -2.62. The zero-order chi connectivity index (χ0) is 21.5. The van der Waals surface area contributed by atoms with Gasteiger partial charge in [0.2, 0.25) is 0 Å². The fourth-order valence-corrected chi connectivity index (χ4v) is 4.20. The fourth-order valence-electron chi connectivity index (χ4n) is 4.20. The molecule has 6 nitrogen and oxygen atoms in total. The highest BCUT2D eigenvalue weighted by Crippen LogP contribution is 2.82. The van der Waals surface area contributed by atoms with E-state index in [1.54, 1.807) is 0 Å². The van der Waals surface area contributed by atoms with E-state index in [4.69, 9.17) is 15.2 Å². The molecule has 1 fully saturated rings. The van der Waals surface area contributed by atoms with Gasteiger partial charge in [-0.2, -0.15) is 23.7 Å². The molecule has 1 aromatic rings. The van der Waals surface area contributed by atoms with Crippen molar-refractivity contribution in [1.82, 2.24) is 0 Å². The van der Waals surface area contributed by atoms with Gasteiger partial charge in [-0.25, -0.2) is 4.99 Å². The molecule has 1 saturated carbocycles. The van der Waals surface area contributed by atoms with Gasteiger partial charge in [0.15, 0.2) is 5.41 Å². The number of ether oxygens (including phenoxy) is 2. The molecule has 2 N–H and O–H groups in total. The Kier molecular flexibility index (Phi) is 5.10. The number of aliphatic imine (C=N–C) groups is 1. The molecule has 0 radical (unpaired) electrons. The number of hydrogen-bond donors (Lipinski definition) is 1. The Morgan fingerprint density at radius 3 is 2.03 bits per heavy atom. The Morgan fingerprint density at radius 2 is 1.62 bits per heavy atom. The molecular formula is C20H21F3N4O2. The lowest BCUT2D eigenvalue weighted by Gasteiger charge is -2.32. The minimum atomic E-state index is -4.49. The summed E-state index contributed by atoms with van der Waals surface area (Å²) in [5.74, 6) is -2.70. The minimum Gasteiger partial charge on any atom is -0.386 e. The first kappa shape index (κ1) is 21.1. The Labute approximate surface area is 166 Å². The number of alkyl halides is 3. The molecular weight excluding hydrogens is 385 g/mol. The van der Waals surface area contributed by atoms with Gasteiger partial charge in [-0.15, -0.1) is 0 Å². The highest BCUT2D eigenvalue weighted by molar-refractivity contribution is 6.00. The van der Waals surface area contributed by atoms with Crippen LogP contribution in [0.2, 0.25) is 0 Å². The number of hydrogen-bond acceptors (Lipinski definition) is 6. The zero-order valence-corrected chi connectivity index (χ0v) is 16.1. The summed E-state index contributed by atoms with van der Waals surface area (Å²) in [6.07, 6.45) is -3.27. The molecule has 0 aromatic heterocycles. The lowest BCUT2D eigenvalue weighted by atomic mass is 9.93. The van der Waals surface area contributed by atoms with Crippen molar-refractivity contribution in [3.05, 3.63) is 35.4 Å². The summed E-state index contributed by atoms with van der Waals surface area (Å²) in [6.45, 7) is 4.16. The van der Waals surface area contributed by atoms with Crippen molar-refractivity contribution in [3.63, 3.8) is 0 Å². The molecule has 154 valence electrons. The van der Waals surface area contributed by atoms with Crippen molar-refractivity contribution in [2.75, 3.05) is 13.2 Å². The summed E-state index contributed by atoms with van der Waals surface area (Å²) < 4.78 is 50.5. The zero-order valence-electron chi connectivity index (χ0n) is 16.1. The van der Waals surface area contributed by atoms with Gasteiger partial charge in [-0.05, 0) is 30.5 Å². The maximum atomic E-state index is 12.9. The van der Waals surface area contributed by atoms with E-state index in [0.29, 0.717) is 18.4 Å². The normalized spacial score (nSPS) is 29.5. The van der Waals surface area contributed by atoms with E-state index >= 15 is 0 Å². The van der Waals surface area contributed by atoms with E-state index in [-0.39, 0.29) is 19.0 Å². The lowest BCUT2D eigenvalue weighted by molar-refractivity contribution is -0.259. The fraction of sp³-hybridized carbons (Fsp3) is 0.550. The first-order valence-corrected chi connectivity index (χ1v) is 9.34. The first-order valence-electron chi connectivity index (χ1n) is 9.34. The molecule has 3 rings (SSSR count). The third kappa shape index (κ3) is 2.65. The maximum absolute atomic E-state index is 12.9. The summed E-state index contributed by atoms with van der Waals surface area (Å²) in [4.78, 5) is 4.27. The highest BCUT2D eigenvalue weighted by atomic mass is 19.4. The number of rotatable bonds is 7. The average molecular weight is 406 g/mol. The number of nitriles is 2. The van der Waals surface area contributed by atoms with Gasteiger partial charge in [0.1, 0.15) is 11.3 Å². The van der Waals surface area contributed by atoms with E-state index in [1.807, 2.05) is 13.8 Å². The van der Waals surface area contributed by atoms with Crippen LogP contribution in [0.4, 0.5) is 13.2 Å². The van der Waals surface area contributed by atoms with Gasteiger partial charge in [-0.1, -0.05) is 26.0 Å². The molecule has 0 amide bonds. The van der Waals surface area contributed by atoms with Crippen molar-refractivity contribution in [3.8, 4) is 12.1 Å². The summed E-state index contributed by atoms with van der Waals surface area (Å²) in [5, 5.41) is 20.1. The second-order valence-electron chi connectivity index (χ2n) is 7.17. The minimum absolute atomic E-state index is 0.0985. The van der Waals surface area contributed by atoms with E-state index < -0.39 is 34.4 Å². The van der Waals surface area contributed by atoms with Crippen LogP contribution in [0.25, 0.3) is 0 Å². The third-order valence-corrected chi connectivity index (χ3v) is 5.50. The number of amidine groups is 1. The highest BCUT2D eigenvalue weighted by Gasteiger charge is 2.93. The van der Waals surface area contributed by atoms with Crippen molar-refractivity contribution in [1.29, 1.82) is 10.5 Å². The quantitative estimate of drug-likeness (QED) is 0.695. The Bertz CT molecular complexity index is 892. The summed E-state index contributed by atoms with van der Waals surface area (Å²) >= 11 is 0. The Morgan fingerprint density at radius 1 is 1.07 bits per heavy atom. The van der Waals surface area contributed by atoms with Crippen LogP contribution in [0.3, 0.4) is 0 Å². The standard InChI is InChI=1S/C20H21F3N4O2/c1-3-9-28-20(29-10-4-2)18(12-25)15(17(18,11-24)16(26)27-20)13-5-7-14(8-6-13)19(21,22)23/h5-8,15H,3-4,9-10H2,1-2H3,(H2,26,27). The van der Waals surface area contributed by atoms with Gasteiger partial charge in [0, 0.05) is 5.92 Å². The SMILES string of the molecule is CCCOC1(OCCC)N=C(N)C2(C#N)C(c3ccc(C(F)(F)F)cc3)C12C#N. The second kappa shape index (κ2) is 7.01. The Balaban J connectivity index is 2.12. The number of benzene rings is 1. The third-order valence-electron chi connectivity index (χ3n) is 5.50. The van der Waals surface area contributed by atoms with Crippen LogP contribution in [-0.4, -0.2) is 25.0 Å². The van der Waals surface area contributed by atoms with Crippen molar-refractivity contribution in [2.45, 2.75) is 44.7 Å².